The normalized spacial score (nSPS) is 11.6. The van der Waals surface area contributed by atoms with Crippen LogP contribution in [0.3, 0.4) is 0 Å². The minimum atomic E-state index is -0.712. The molecule has 0 radical (unpaired) electrons. The van der Waals surface area contributed by atoms with Crippen LogP contribution < -0.4 is 5.43 Å². The van der Waals surface area contributed by atoms with Crippen LogP contribution in [0.15, 0.2) is 51.7 Å². The molecule has 0 atom stereocenters. The lowest BCUT2D eigenvalue weighted by molar-refractivity contribution is -0.393. The number of furan rings is 1. The Bertz CT molecular complexity index is 780. The van der Waals surface area contributed by atoms with Gasteiger partial charge in [-0.3, -0.25) is 25.7 Å². The van der Waals surface area contributed by atoms with Crippen molar-refractivity contribution < 1.29 is 14.3 Å². The largest absolute Gasteiger partial charge is 0.465 e. The summed E-state index contributed by atoms with van der Waals surface area (Å²) in [5, 5.41) is 25.5. The van der Waals surface area contributed by atoms with Gasteiger partial charge in [0.15, 0.2) is 0 Å². The van der Waals surface area contributed by atoms with E-state index in [9.17, 15) is 20.2 Å². The zero-order valence-electron chi connectivity index (χ0n) is 12.0. The third-order valence-electron chi connectivity index (χ3n) is 2.76. The van der Waals surface area contributed by atoms with Gasteiger partial charge < -0.3 is 4.42 Å². The fraction of sp³-hybridized carbons (Fsp3) is 0.0714. The van der Waals surface area contributed by atoms with E-state index in [1.54, 1.807) is 25.1 Å². The fourth-order valence-corrected chi connectivity index (χ4v) is 1.72. The van der Waals surface area contributed by atoms with Gasteiger partial charge in [0.05, 0.1) is 28.4 Å². The Morgan fingerprint density at radius 2 is 2.04 bits per heavy atom. The SMILES string of the molecule is CC(/C=N\Nc1ccc([N+](=O)[O-])cc1[N+](=O)[O-])=C\c1ccco1. The van der Waals surface area contributed by atoms with Crippen molar-refractivity contribution >= 4 is 29.4 Å². The molecule has 0 fully saturated rings. The summed E-state index contributed by atoms with van der Waals surface area (Å²) in [7, 11) is 0. The van der Waals surface area contributed by atoms with E-state index in [1.165, 1.54) is 18.5 Å². The molecule has 0 amide bonds. The lowest BCUT2D eigenvalue weighted by atomic mass is 10.2. The van der Waals surface area contributed by atoms with Gasteiger partial charge in [-0.15, -0.1) is 0 Å². The van der Waals surface area contributed by atoms with Crippen LogP contribution in [0.25, 0.3) is 6.08 Å². The number of nitro benzene ring substituents is 2. The van der Waals surface area contributed by atoms with Gasteiger partial charge in [-0.05, 0) is 36.8 Å². The number of hydrogen-bond acceptors (Lipinski definition) is 7. The lowest BCUT2D eigenvalue weighted by Crippen LogP contribution is -1.98. The second-order valence-electron chi connectivity index (χ2n) is 4.49. The molecule has 0 saturated carbocycles. The predicted molar refractivity (Wildman–Crippen MR) is 84.2 cm³/mol. The van der Waals surface area contributed by atoms with Crippen molar-refractivity contribution in [3.63, 3.8) is 0 Å². The van der Waals surface area contributed by atoms with E-state index in [-0.39, 0.29) is 11.4 Å². The number of nitrogens with zero attached hydrogens (tertiary/aromatic N) is 3. The van der Waals surface area contributed by atoms with Crippen LogP contribution in [0.4, 0.5) is 17.1 Å². The Kier molecular flexibility index (Phi) is 4.82. The molecule has 0 aliphatic carbocycles. The summed E-state index contributed by atoms with van der Waals surface area (Å²) < 4.78 is 5.14. The maximum Gasteiger partial charge on any atom is 0.301 e. The quantitative estimate of drug-likeness (QED) is 0.493. The van der Waals surface area contributed by atoms with Gasteiger partial charge in [-0.2, -0.15) is 5.10 Å². The van der Waals surface area contributed by atoms with Crippen LogP contribution in [0.5, 0.6) is 0 Å². The number of hydrazone groups is 1. The van der Waals surface area contributed by atoms with Crippen LogP contribution >= 0.6 is 0 Å². The first-order chi connectivity index (χ1) is 11.0. The molecular formula is C14H12N4O5. The molecule has 2 aromatic rings. The van der Waals surface area contributed by atoms with Crippen molar-refractivity contribution in [1.29, 1.82) is 0 Å². The smallest absolute Gasteiger partial charge is 0.301 e. The van der Waals surface area contributed by atoms with Gasteiger partial charge in [-0.1, -0.05) is 0 Å². The van der Waals surface area contributed by atoms with E-state index in [2.05, 4.69) is 10.5 Å². The van der Waals surface area contributed by atoms with Gasteiger partial charge >= 0.3 is 5.69 Å². The van der Waals surface area contributed by atoms with Crippen LogP contribution in [-0.2, 0) is 0 Å². The summed E-state index contributed by atoms with van der Waals surface area (Å²) in [5.74, 6) is 0.648. The number of hydrogen-bond donors (Lipinski definition) is 1. The summed E-state index contributed by atoms with van der Waals surface area (Å²) in [6.07, 6.45) is 4.72. The molecule has 0 aliphatic heterocycles. The van der Waals surface area contributed by atoms with Gasteiger partial charge in [0.1, 0.15) is 11.4 Å². The molecule has 0 bridgehead atoms. The fourth-order valence-electron chi connectivity index (χ4n) is 1.72. The first-order valence-electron chi connectivity index (χ1n) is 6.41. The topological polar surface area (TPSA) is 124 Å². The van der Waals surface area contributed by atoms with E-state index in [0.29, 0.717) is 5.76 Å². The Hall–Kier alpha value is -3.49. The van der Waals surface area contributed by atoms with Crippen molar-refractivity contribution in [2.75, 3.05) is 5.43 Å². The standard InChI is InChI=1S/C14H12N4O5/c1-10(7-12-3-2-6-23-12)9-15-16-13-5-4-11(17(19)20)8-14(13)18(21)22/h2-9,16H,1H3/b10-7+,15-9-. The molecule has 1 aromatic carbocycles. The second kappa shape index (κ2) is 6.98. The number of rotatable bonds is 6. The summed E-state index contributed by atoms with van der Waals surface area (Å²) in [6.45, 7) is 1.78. The highest BCUT2D eigenvalue weighted by Crippen LogP contribution is 2.28. The van der Waals surface area contributed by atoms with Crippen LogP contribution in [0.1, 0.15) is 12.7 Å². The van der Waals surface area contributed by atoms with Gasteiger partial charge in [0.2, 0.25) is 0 Å². The van der Waals surface area contributed by atoms with Crippen molar-refractivity contribution in [2.24, 2.45) is 5.10 Å². The Morgan fingerprint density at radius 3 is 2.65 bits per heavy atom. The minimum Gasteiger partial charge on any atom is -0.465 e. The number of benzene rings is 1. The number of nitrogens with one attached hydrogen (secondary N) is 1. The average molecular weight is 316 g/mol. The second-order valence-corrected chi connectivity index (χ2v) is 4.49. The number of nitro groups is 2. The van der Waals surface area contributed by atoms with E-state index < -0.39 is 15.5 Å². The van der Waals surface area contributed by atoms with Crippen LogP contribution in [0, 0.1) is 20.2 Å². The van der Waals surface area contributed by atoms with E-state index in [1.807, 2.05) is 0 Å². The molecule has 2 rings (SSSR count). The maximum atomic E-state index is 11.0. The first-order valence-corrected chi connectivity index (χ1v) is 6.41. The highest BCUT2D eigenvalue weighted by molar-refractivity contribution is 5.84. The summed E-state index contributed by atoms with van der Waals surface area (Å²) in [5.41, 5.74) is 2.52. The van der Waals surface area contributed by atoms with Crippen molar-refractivity contribution in [1.82, 2.24) is 0 Å². The highest BCUT2D eigenvalue weighted by Gasteiger charge is 2.18. The minimum absolute atomic E-state index is 0.0580. The number of non-ortho nitro benzene ring substituents is 1. The van der Waals surface area contributed by atoms with Crippen LogP contribution in [0.2, 0.25) is 0 Å². The van der Waals surface area contributed by atoms with Gasteiger partial charge in [-0.25, -0.2) is 0 Å². The van der Waals surface area contributed by atoms with E-state index in [0.717, 1.165) is 17.7 Å². The summed E-state index contributed by atoms with van der Waals surface area (Å²) in [6, 6.07) is 6.79. The molecule has 118 valence electrons. The monoisotopic (exact) mass is 316 g/mol. The van der Waals surface area contributed by atoms with Crippen LogP contribution in [-0.4, -0.2) is 16.1 Å². The zero-order chi connectivity index (χ0) is 16.8. The molecule has 9 heteroatoms. The third-order valence-corrected chi connectivity index (χ3v) is 2.76. The zero-order valence-corrected chi connectivity index (χ0v) is 12.0. The molecule has 0 aliphatic rings. The Labute approximate surface area is 130 Å². The molecule has 0 saturated heterocycles. The molecule has 1 aromatic heterocycles. The van der Waals surface area contributed by atoms with Crippen molar-refractivity contribution in [3.05, 3.63) is 68.2 Å². The molecular weight excluding hydrogens is 304 g/mol. The molecule has 23 heavy (non-hydrogen) atoms. The van der Waals surface area contributed by atoms with E-state index in [4.69, 9.17) is 4.42 Å². The van der Waals surface area contributed by atoms with Gasteiger partial charge in [0, 0.05) is 6.07 Å². The Balaban J connectivity index is 2.15. The summed E-state index contributed by atoms with van der Waals surface area (Å²) >= 11 is 0. The molecule has 9 nitrogen and oxygen atoms in total. The summed E-state index contributed by atoms with van der Waals surface area (Å²) in [4.78, 5) is 20.2. The lowest BCUT2D eigenvalue weighted by Gasteiger charge is -2.01. The molecule has 0 unspecified atom stereocenters. The first kappa shape index (κ1) is 15.9. The predicted octanol–water partition coefficient (Wildman–Crippen LogP) is 3.60. The number of anilines is 1. The molecule has 1 N–H and O–H groups in total. The maximum absolute atomic E-state index is 11.0. The number of allylic oxidation sites excluding steroid dienone is 1. The Morgan fingerprint density at radius 1 is 1.26 bits per heavy atom. The van der Waals surface area contributed by atoms with Gasteiger partial charge in [0.25, 0.3) is 5.69 Å². The van der Waals surface area contributed by atoms with Crippen molar-refractivity contribution in [2.45, 2.75) is 6.92 Å². The van der Waals surface area contributed by atoms with E-state index >= 15 is 0 Å². The van der Waals surface area contributed by atoms with Crippen molar-refractivity contribution in [3.8, 4) is 0 Å². The molecule has 1 heterocycles. The third kappa shape index (κ3) is 4.24. The molecule has 0 spiro atoms. The highest BCUT2D eigenvalue weighted by atomic mass is 16.6. The average Bonchev–Trinajstić information content (AvgIpc) is 2.99.